The number of aliphatic hydroxyl groups excluding tert-OH is 1. The fourth-order valence-electron chi connectivity index (χ4n) is 3.51. The molecule has 0 radical (unpaired) electrons. The van der Waals surface area contributed by atoms with E-state index in [1.165, 1.54) is 0 Å². The number of pyridine rings is 1. The average molecular weight is 304 g/mol. The first kappa shape index (κ1) is 15.4. The van der Waals surface area contributed by atoms with Gasteiger partial charge in [-0.25, -0.2) is 0 Å². The van der Waals surface area contributed by atoms with E-state index in [1.807, 2.05) is 18.2 Å². The lowest BCUT2D eigenvalue weighted by atomic mass is 9.68. The minimum atomic E-state index is -0.371. The van der Waals surface area contributed by atoms with Gasteiger partial charge in [0.2, 0.25) is 5.91 Å². The molecule has 1 heterocycles. The van der Waals surface area contributed by atoms with E-state index in [0.717, 1.165) is 37.8 Å². The van der Waals surface area contributed by atoms with Gasteiger partial charge in [0, 0.05) is 13.3 Å². The van der Waals surface area contributed by atoms with Crippen molar-refractivity contribution in [3.8, 4) is 0 Å². The summed E-state index contributed by atoms with van der Waals surface area (Å²) in [4.78, 5) is 17.2. The number of carbonyl (C=O) groups is 1. The lowest BCUT2D eigenvalue weighted by molar-refractivity contribution is -0.142. The number of rotatable bonds is 6. The summed E-state index contributed by atoms with van der Waals surface area (Å²) in [5, 5.41) is 12.8. The summed E-state index contributed by atoms with van der Waals surface area (Å²) in [5.74, 6) is 0.325. The number of nitrogens with zero attached hydrogens (tertiary/aromatic N) is 1. The number of carbonyl (C=O) groups excluding carboxylic acids is 1. The lowest BCUT2D eigenvalue weighted by Gasteiger charge is -2.43. The van der Waals surface area contributed by atoms with Crippen LogP contribution in [-0.4, -0.2) is 35.8 Å². The fraction of sp³-hybridized carbons (Fsp3) is 0.647. The number of hydrogen-bond acceptors (Lipinski definition) is 4. The van der Waals surface area contributed by atoms with Crippen LogP contribution in [0.15, 0.2) is 24.4 Å². The highest BCUT2D eigenvalue weighted by molar-refractivity contribution is 5.84. The van der Waals surface area contributed by atoms with Crippen molar-refractivity contribution < 1.29 is 14.6 Å². The number of hydrogen-bond donors (Lipinski definition) is 2. The molecule has 0 bridgehead atoms. The van der Waals surface area contributed by atoms with Crippen molar-refractivity contribution in [2.75, 3.05) is 13.7 Å². The molecule has 0 aromatic carbocycles. The first-order valence-corrected chi connectivity index (χ1v) is 8.03. The Hall–Kier alpha value is -1.46. The molecule has 2 saturated carbocycles. The monoisotopic (exact) mass is 304 g/mol. The number of nitrogens with one attached hydrogen (secondary N) is 1. The summed E-state index contributed by atoms with van der Waals surface area (Å²) in [6, 6.07) is 5.63. The molecular weight excluding hydrogens is 280 g/mol. The van der Waals surface area contributed by atoms with Crippen LogP contribution in [0.4, 0.5) is 0 Å². The maximum atomic E-state index is 12.8. The standard InChI is InChI=1S/C17H24N2O3/c1-22-11-17(6-4-7-17)16(21)19-15(12-9-13(20)10-12)14-5-2-3-8-18-14/h2-3,5,8,12-13,15,20H,4,6-7,9-11H2,1H3,(H,19,21)/t12?,13?,15-/m1/s1. The van der Waals surface area contributed by atoms with Gasteiger partial charge >= 0.3 is 0 Å². The Labute approximate surface area is 131 Å². The Morgan fingerprint density at radius 2 is 2.27 bits per heavy atom. The summed E-state index contributed by atoms with van der Waals surface area (Å²) in [6.07, 6.45) is 5.79. The maximum absolute atomic E-state index is 12.8. The van der Waals surface area contributed by atoms with Crippen LogP contribution in [0.2, 0.25) is 0 Å². The first-order valence-electron chi connectivity index (χ1n) is 8.03. The van der Waals surface area contributed by atoms with Gasteiger partial charge in [-0.1, -0.05) is 12.5 Å². The highest BCUT2D eigenvalue weighted by Crippen LogP contribution is 2.43. The zero-order chi connectivity index (χ0) is 15.6. The molecule has 1 aromatic heterocycles. The highest BCUT2D eigenvalue weighted by atomic mass is 16.5. The molecule has 22 heavy (non-hydrogen) atoms. The lowest BCUT2D eigenvalue weighted by Crippen LogP contribution is -2.52. The Kier molecular flexibility index (Phi) is 4.45. The second-order valence-corrected chi connectivity index (χ2v) is 6.66. The number of aliphatic hydroxyl groups is 1. The molecule has 5 nitrogen and oxygen atoms in total. The molecule has 0 unspecified atom stereocenters. The third kappa shape index (κ3) is 2.88. The van der Waals surface area contributed by atoms with Crippen molar-refractivity contribution in [1.29, 1.82) is 0 Å². The molecular formula is C17H24N2O3. The Morgan fingerprint density at radius 3 is 2.77 bits per heavy atom. The number of methoxy groups -OCH3 is 1. The Bertz CT molecular complexity index is 510. The van der Waals surface area contributed by atoms with Crippen molar-refractivity contribution in [3.63, 3.8) is 0 Å². The molecule has 2 fully saturated rings. The summed E-state index contributed by atoms with van der Waals surface area (Å²) in [5.41, 5.74) is 0.504. The van der Waals surface area contributed by atoms with E-state index < -0.39 is 0 Å². The zero-order valence-electron chi connectivity index (χ0n) is 13.0. The van der Waals surface area contributed by atoms with Crippen LogP contribution < -0.4 is 5.32 Å². The van der Waals surface area contributed by atoms with E-state index in [1.54, 1.807) is 13.3 Å². The normalized spacial score (nSPS) is 27.4. The quantitative estimate of drug-likeness (QED) is 0.841. The third-order valence-corrected chi connectivity index (χ3v) is 5.13. The van der Waals surface area contributed by atoms with E-state index in [9.17, 15) is 9.90 Å². The third-order valence-electron chi connectivity index (χ3n) is 5.13. The summed E-state index contributed by atoms with van der Waals surface area (Å²) in [7, 11) is 1.64. The summed E-state index contributed by atoms with van der Waals surface area (Å²) >= 11 is 0. The van der Waals surface area contributed by atoms with E-state index in [0.29, 0.717) is 6.61 Å². The van der Waals surface area contributed by atoms with Crippen LogP contribution >= 0.6 is 0 Å². The van der Waals surface area contributed by atoms with Crippen LogP contribution in [0.3, 0.4) is 0 Å². The van der Waals surface area contributed by atoms with E-state index in [2.05, 4.69) is 10.3 Å². The van der Waals surface area contributed by atoms with Crippen molar-refractivity contribution in [3.05, 3.63) is 30.1 Å². The van der Waals surface area contributed by atoms with Gasteiger partial charge in [-0.15, -0.1) is 0 Å². The van der Waals surface area contributed by atoms with E-state index in [-0.39, 0.29) is 29.4 Å². The van der Waals surface area contributed by atoms with E-state index >= 15 is 0 Å². The largest absolute Gasteiger partial charge is 0.393 e. The van der Waals surface area contributed by atoms with Gasteiger partial charge in [0.05, 0.1) is 29.9 Å². The number of aromatic nitrogens is 1. The van der Waals surface area contributed by atoms with Crippen LogP contribution in [-0.2, 0) is 9.53 Å². The Morgan fingerprint density at radius 1 is 1.50 bits per heavy atom. The predicted molar refractivity (Wildman–Crippen MR) is 82.0 cm³/mol. The molecule has 0 saturated heterocycles. The fourth-order valence-corrected chi connectivity index (χ4v) is 3.51. The molecule has 2 aliphatic rings. The average Bonchev–Trinajstić information content (AvgIpc) is 2.46. The second kappa shape index (κ2) is 6.34. The molecule has 1 aromatic rings. The van der Waals surface area contributed by atoms with Crippen molar-refractivity contribution >= 4 is 5.91 Å². The molecule has 120 valence electrons. The topological polar surface area (TPSA) is 71.5 Å². The van der Waals surface area contributed by atoms with Crippen LogP contribution in [0.1, 0.15) is 43.8 Å². The molecule has 3 rings (SSSR count). The maximum Gasteiger partial charge on any atom is 0.229 e. The Balaban J connectivity index is 1.74. The molecule has 1 amide bonds. The molecule has 5 heteroatoms. The van der Waals surface area contributed by atoms with Crippen LogP contribution in [0.5, 0.6) is 0 Å². The van der Waals surface area contributed by atoms with Gasteiger partial charge in [0.1, 0.15) is 0 Å². The molecule has 0 spiro atoms. The molecule has 1 atom stereocenters. The van der Waals surface area contributed by atoms with Gasteiger partial charge in [0.25, 0.3) is 0 Å². The van der Waals surface area contributed by atoms with Gasteiger partial charge in [-0.3, -0.25) is 9.78 Å². The first-order chi connectivity index (χ1) is 10.6. The van der Waals surface area contributed by atoms with Gasteiger partial charge < -0.3 is 15.2 Å². The molecule has 2 aliphatic carbocycles. The summed E-state index contributed by atoms with van der Waals surface area (Å²) in [6.45, 7) is 0.473. The van der Waals surface area contributed by atoms with Crippen molar-refractivity contribution in [2.45, 2.75) is 44.2 Å². The van der Waals surface area contributed by atoms with Gasteiger partial charge in [-0.05, 0) is 43.7 Å². The predicted octanol–water partition coefficient (Wildman–Crippen LogP) is 1.83. The van der Waals surface area contributed by atoms with Gasteiger partial charge in [-0.2, -0.15) is 0 Å². The highest BCUT2D eigenvalue weighted by Gasteiger charge is 2.46. The SMILES string of the molecule is COCC1(C(=O)N[C@@H](c2ccccn2)C2CC(O)C2)CCC1. The minimum Gasteiger partial charge on any atom is -0.393 e. The van der Waals surface area contributed by atoms with Crippen LogP contribution in [0.25, 0.3) is 0 Å². The van der Waals surface area contributed by atoms with Crippen molar-refractivity contribution in [1.82, 2.24) is 10.3 Å². The molecule has 0 aliphatic heterocycles. The zero-order valence-corrected chi connectivity index (χ0v) is 13.0. The van der Waals surface area contributed by atoms with Gasteiger partial charge in [0.15, 0.2) is 0 Å². The number of amides is 1. The smallest absolute Gasteiger partial charge is 0.229 e. The number of ether oxygens (including phenoxy) is 1. The van der Waals surface area contributed by atoms with E-state index in [4.69, 9.17) is 4.74 Å². The van der Waals surface area contributed by atoms with Crippen molar-refractivity contribution in [2.24, 2.45) is 11.3 Å². The molecule has 2 N–H and O–H groups in total. The second-order valence-electron chi connectivity index (χ2n) is 6.66. The minimum absolute atomic E-state index is 0.0673. The van der Waals surface area contributed by atoms with Crippen LogP contribution in [0, 0.1) is 11.3 Å². The summed E-state index contributed by atoms with van der Waals surface area (Å²) < 4.78 is 5.26.